The number of aliphatic hydroxyl groups is 6. The normalized spacial score (nSPS) is 13.2. The summed E-state index contributed by atoms with van der Waals surface area (Å²) in [4.78, 5) is 10.6. The first kappa shape index (κ1) is 25.2. The molecule has 0 unspecified atom stereocenters. The number of carboxylic acid groups (broad SMARTS) is 1. The molecule has 0 amide bonds. The van der Waals surface area contributed by atoms with Crippen LogP contribution in [-0.2, 0) is 4.79 Å². The van der Waals surface area contributed by atoms with Crippen molar-refractivity contribution in [3.8, 4) is 0 Å². The van der Waals surface area contributed by atoms with Gasteiger partial charge < -0.3 is 35.7 Å². The molecule has 0 spiro atoms. The molecule has 26 heavy (non-hydrogen) atoms. The summed E-state index contributed by atoms with van der Waals surface area (Å²) in [5.41, 5.74) is 0. The number of hydrogen-bond acceptors (Lipinski definition) is 7. The zero-order valence-corrected chi connectivity index (χ0v) is 15.7. The second-order valence-corrected chi connectivity index (χ2v) is 7.11. The van der Waals surface area contributed by atoms with Crippen LogP contribution in [0.3, 0.4) is 0 Å². The molecule has 0 aliphatic heterocycles. The first-order chi connectivity index (χ1) is 12.0. The van der Waals surface area contributed by atoms with Crippen LogP contribution in [0.25, 0.3) is 0 Å². The quantitative estimate of drug-likeness (QED) is 0.155. The van der Waals surface area contributed by atoms with Crippen LogP contribution in [0.5, 0.6) is 0 Å². The Hall–Kier alpha value is -0.770. The predicted molar refractivity (Wildman–Crippen MR) is 94.8 cm³/mol. The van der Waals surface area contributed by atoms with E-state index in [4.69, 9.17) is 5.11 Å². The molecular weight excluding hydrogens is 344 g/mol. The number of aliphatic carboxylic acids is 1. The van der Waals surface area contributed by atoms with Crippen molar-refractivity contribution in [2.75, 3.05) is 0 Å². The minimum atomic E-state index is -4.10. The van der Waals surface area contributed by atoms with Crippen molar-refractivity contribution in [2.24, 2.45) is 0 Å². The van der Waals surface area contributed by atoms with Crippen LogP contribution in [-0.4, -0.2) is 59.1 Å². The van der Waals surface area contributed by atoms with E-state index in [1.165, 1.54) is 38.5 Å². The molecule has 0 fully saturated rings. The predicted octanol–water partition coefficient (Wildman–Crippen LogP) is 1.20. The third kappa shape index (κ3) is 7.85. The van der Waals surface area contributed by atoms with Crippen molar-refractivity contribution in [1.29, 1.82) is 0 Å². The lowest BCUT2D eigenvalue weighted by Crippen LogP contribution is -2.71. The molecule has 8 nitrogen and oxygen atoms in total. The van der Waals surface area contributed by atoms with Gasteiger partial charge in [-0.2, -0.15) is 0 Å². The van der Waals surface area contributed by atoms with Gasteiger partial charge in [0.25, 0.3) is 5.79 Å². The average molecular weight is 380 g/mol. The fraction of sp³-hybridized carbons (Fsp3) is 0.944. The van der Waals surface area contributed by atoms with E-state index < -0.39 is 29.8 Å². The van der Waals surface area contributed by atoms with Gasteiger partial charge in [0.15, 0.2) is 0 Å². The van der Waals surface area contributed by atoms with E-state index in [1.54, 1.807) is 0 Å². The molecule has 0 aromatic carbocycles. The van der Waals surface area contributed by atoms with Gasteiger partial charge >= 0.3 is 11.8 Å². The van der Waals surface area contributed by atoms with Crippen molar-refractivity contribution in [3.63, 3.8) is 0 Å². The topological polar surface area (TPSA) is 159 Å². The summed E-state index contributed by atoms with van der Waals surface area (Å²) in [5, 5.41) is 65.2. The lowest BCUT2D eigenvalue weighted by molar-refractivity contribution is -0.441. The number of carboxylic acids is 1. The van der Waals surface area contributed by atoms with E-state index in [0.717, 1.165) is 25.7 Å². The Balaban J connectivity index is 3.91. The van der Waals surface area contributed by atoms with Gasteiger partial charge in [0.1, 0.15) is 0 Å². The zero-order chi connectivity index (χ0) is 20.3. The maximum absolute atomic E-state index is 10.6. The average Bonchev–Trinajstić information content (AvgIpc) is 2.55. The molecule has 0 heterocycles. The van der Waals surface area contributed by atoms with Gasteiger partial charge in [0, 0.05) is 6.42 Å². The highest BCUT2D eigenvalue weighted by Crippen LogP contribution is 2.32. The second kappa shape index (κ2) is 11.8. The standard InChI is InChI=1S/C18H36O8/c1-2-3-4-5-6-7-8-9-10-11-12-13-14-16(21,22)18(25,26)17(23,24)15(19)20/h21-26H,2-14H2,1H3,(H,19,20). The number of unbranched alkanes of at least 4 members (excludes halogenated alkanes) is 11. The third-order valence-corrected chi connectivity index (χ3v) is 4.72. The Morgan fingerprint density at radius 1 is 0.654 bits per heavy atom. The fourth-order valence-electron chi connectivity index (χ4n) is 2.82. The lowest BCUT2D eigenvalue weighted by atomic mass is 9.91. The molecule has 0 saturated carbocycles. The van der Waals surface area contributed by atoms with Crippen LogP contribution in [0.15, 0.2) is 0 Å². The van der Waals surface area contributed by atoms with E-state index >= 15 is 0 Å². The Kier molecular flexibility index (Phi) is 11.5. The first-order valence-corrected chi connectivity index (χ1v) is 9.58. The summed E-state index contributed by atoms with van der Waals surface area (Å²) in [6, 6.07) is 0. The van der Waals surface area contributed by atoms with E-state index in [0.29, 0.717) is 6.42 Å². The number of carbonyl (C=O) groups is 1. The lowest BCUT2D eigenvalue weighted by Gasteiger charge is -2.40. The van der Waals surface area contributed by atoms with Gasteiger partial charge in [-0.25, -0.2) is 4.79 Å². The van der Waals surface area contributed by atoms with Crippen LogP contribution < -0.4 is 0 Å². The van der Waals surface area contributed by atoms with Crippen LogP contribution in [0, 0.1) is 0 Å². The molecule has 0 atom stereocenters. The SMILES string of the molecule is CCCCCCCCCCCCCCC(O)(O)C(O)(O)C(O)(O)C(=O)O. The molecule has 0 bridgehead atoms. The maximum atomic E-state index is 10.6. The Labute approximate surface area is 155 Å². The number of rotatable bonds is 16. The highest BCUT2D eigenvalue weighted by atomic mass is 16.7. The third-order valence-electron chi connectivity index (χ3n) is 4.72. The molecule has 0 aromatic rings. The Bertz CT molecular complexity index is 393. The number of hydrogen-bond donors (Lipinski definition) is 7. The fourth-order valence-corrected chi connectivity index (χ4v) is 2.82. The van der Waals surface area contributed by atoms with Gasteiger partial charge in [0.2, 0.25) is 5.79 Å². The Morgan fingerprint density at radius 3 is 1.35 bits per heavy atom. The zero-order valence-electron chi connectivity index (χ0n) is 15.7. The Morgan fingerprint density at radius 2 is 1.00 bits per heavy atom. The van der Waals surface area contributed by atoms with Crippen molar-refractivity contribution in [3.05, 3.63) is 0 Å². The molecule has 8 heteroatoms. The minimum absolute atomic E-state index is 0.169. The summed E-state index contributed by atoms with van der Waals surface area (Å²) in [5.74, 6) is -13.9. The van der Waals surface area contributed by atoms with E-state index in [-0.39, 0.29) is 6.42 Å². The van der Waals surface area contributed by atoms with Crippen molar-refractivity contribution < 1.29 is 40.5 Å². The molecule has 0 rings (SSSR count). The molecule has 7 N–H and O–H groups in total. The van der Waals surface area contributed by atoms with Gasteiger partial charge in [-0.1, -0.05) is 77.6 Å². The molecule has 0 aliphatic carbocycles. The van der Waals surface area contributed by atoms with Crippen molar-refractivity contribution >= 4 is 5.97 Å². The van der Waals surface area contributed by atoms with Gasteiger partial charge in [0.05, 0.1) is 0 Å². The summed E-state index contributed by atoms with van der Waals surface area (Å²) in [7, 11) is 0. The molecule has 0 saturated heterocycles. The summed E-state index contributed by atoms with van der Waals surface area (Å²) < 4.78 is 0. The van der Waals surface area contributed by atoms with Crippen LogP contribution >= 0.6 is 0 Å². The monoisotopic (exact) mass is 380 g/mol. The minimum Gasteiger partial charge on any atom is -0.477 e. The van der Waals surface area contributed by atoms with Crippen molar-refractivity contribution in [1.82, 2.24) is 0 Å². The van der Waals surface area contributed by atoms with Gasteiger partial charge in [-0.05, 0) is 6.42 Å². The van der Waals surface area contributed by atoms with Crippen molar-refractivity contribution in [2.45, 2.75) is 108 Å². The smallest absolute Gasteiger partial charge is 0.370 e. The summed E-state index contributed by atoms with van der Waals surface area (Å²) in [6.07, 6.45) is 11.7. The highest BCUT2D eigenvalue weighted by Gasteiger charge is 2.65. The van der Waals surface area contributed by atoms with Gasteiger partial charge in [-0.3, -0.25) is 0 Å². The molecular formula is C18H36O8. The molecule has 0 radical (unpaired) electrons. The van der Waals surface area contributed by atoms with Crippen LogP contribution in [0.1, 0.15) is 90.4 Å². The van der Waals surface area contributed by atoms with Crippen LogP contribution in [0.2, 0.25) is 0 Å². The largest absolute Gasteiger partial charge is 0.477 e. The first-order valence-electron chi connectivity index (χ1n) is 9.58. The molecule has 0 aromatic heterocycles. The summed E-state index contributed by atoms with van der Waals surface area (Å²) >= 11 is 0. The summed E-state index contributed by atoms with van der Waals surface area (Å²) in [6.45, 7) is 2.19. The van der Waals surface area contributed by atoms with Crippen LogP contribution in [0.4, 0.5) is 0 Å². The van der Waals surface area contributed by atoms with E-state index in [1.807, 2.05) is 0 Å². The highest BCUT2D eigenvalue weighted by molar-refractivity contribution is 5.76. The van der Waals surface area contributed by atoms with E-state index in [2.05, 4.69) is 6.92 Å². The van der Waals surface area contributed by atoms with Gasteiger partial charge in [-0.15, -0.1) is 0 Å². The second-order valence-electron chi connectivity index (χ2n) is 7.11. The maximum Gasteiger partial charge on any atom is 0.370 e. The molecule has 0 aliphatic rings. The van der Waals surface area contributed by atoms with E-state index in [9.17, 15) is 35.4 Å². The molecule has 156 valence electrons.